The van der Waals surface area contributed by atoms with E-state index >= 15 is 0 Å². The number of guanidine groups is 1. The smallest absolute Gasteiger partial charge is 0.226 e. The number of rotatable bonds is 7. The normalized spacial score (nSPS) is 11.0. The van der Waals surface area contributed by atoms with Crippen molar-refractivity contribution in [1.82, 2.24) is 10.6 Å². The van der Waals surface area contributed by atoms with Gasteiger partial charge in [0.25, 0.3) is 0 Å². The van der Waals surface area contributed by atoms with E-state index in [4.69, 9.17) is 16.3 Å². The fourth-order valence-electron chi connectivity index (χ4n) is 2.40. The first kappa shape index (κ1) is 20.6. The van der Waals surface area contributed by atoms with Gasteiger partial charge in [-0.2, -0.15) is 0 Å². The van der Waals surface area contributed by atoms with Gasteiger partial charge in [0.2, 0.25) is 5.91 Å². The highest BCUT2D eigenvalue weighted by atomic mass is 35.5. The van der Waals surface area contributed by atoms with Gasteiger partial charge in [-0.05, 0) is 42.3 Å². The second-order valence-corrected chi connectivity index (χ2v) is 6.32. The van der Waals surface area contributed by atoms with E-state index in [2.05, 4.69) is 20.9 Å². The summed E-state index contributed by atoms with van der Waals surface area (Å²) in [6, 6.07) is 13.2. The number of anilines is 1. The standard InChI is InChI=1S/C20H25ClN4O2/c1-14-17(21)5-4-6-18(14)25-19(26)11-12-23-20(22-2)24-13-15-7-9-16(27-3)10-8-15/h4-10H,11-13H2,1-3H3,(H,25,26)(H2,22,23,24). The zero-order valence-electron chi connectivity index (χ0n) is 15.8. The lowest BCUT2D eigenvalue weighted by Crippen LogP contribution is -2.38. The molecule has 2 aromatic carbocycles. The largest absolute Gasteiger partial charge is 0.497 e. The van der Waals surface area contributed by atoms with Crippen LogP contribution in [-0.4, -0.2) is 32.6 Å². The van der Waals surface area contributed by atoms with Gasteiger partial charge in [-0.1, -0.05) is 29.8 Å². The summed E-state index contributed by atoms with van der Waals surface area (Å²) in [5.74, 6) is 1.37. The van der Waals surface area contributed by atoms with E-state index in [1.807, 2.05) is 43.3 Å². The molecule has 144 valence electrons. The van der Waals surface area contributed by atoms with E-state index in [9.17, 15) is 4.79 Å². The van der Waals surface area contributed by atoms with Crippen molar-refractivity contribution in [1.29, 1.82) is 0 Å². The van der Waals surface area contributed by atoms with E-state index in [0.717, 1.165) is 22.6 Å². The fraction of sp³-hybridized carbons (Fsp3) is 0.300. The van der Waals surface area contributed by atoms with Crippen LogP contribution in [0.5, 0.6) is 5.75 Å². The van der Waals surface area contributed by atoms with Gasteiger partial charge in [0.15, 0.2) is 5.96 Å². The molecular formula is C20H25ClN4O2. The maximum absolute atomic E-state index is 12.1. The first-order valence-electron chi connectivity index (χ1n) is 8.66. The molecule has 0 fully saturated rings. The van der Waals surface area contributed by atoms with Gasteiger partial charge in [-0.3, -0.25) is 9.79 Å². The van der Waals surface area contributed by atoms with E-state index in [1.165, 1.54) is 0 Å². The third kappa shape index (κ3) is 6.49. The molecule has 0 unspecified atom stereocenters. The highest BCUT2D eigenvalue weighted by Gasteiger charge is 2.07. The Labute approximate surface area is 165 Å². The highest BCUT2D eigenvalue weighted by molar-refractivity contribution is 6.31. The third-order valence-electron chi connectivity index (χ3n) is 4.03. The Balaban J connectivity index is 1.75. The first-order valence-corrected chi connectivity index (χ1v) is 9.03. The maximum atomic E-state index is 12.1. The predicted molar refractivity (Wildman–Crippen MR) is 111 cm³/mol. The van der Waals surface area contributed by atoms with Crippen LogP contribution in [0.2, 0.25) is 5.02 Å². The van der Waals surface area contributed by atoms with Crippen molar-refractivity contribution in [3.05, 3.63) is 58.6 Å². The van der Waals surface area contributed by atoms with E-state index in [-0.39, 0.29) is 5.91 Å². The molecule has 0 atom stereocenters. The Morgan fingerprint density at radius 2 is 1.89 bits per heavy atom. The molecular weight excluding hydrogens is 364 g/mol. The lowest BCUT2D eigenvalue weighted by Gasteiger charge is -2.13. The minimum atomic E-state index is -0.0847. The van der Waals surface area contributed by atoms with Gasteiger partial charge >= 0.3 is 0 Å². The monoisotopic (exact) mass is 388 g/mol. The number of nitrogens with zero attached hydrogens (tertiary/aromatic N) is 1. The molecule has 2 rings (SSSR count). The number of hydrogen-bond acceptors (Lipinski definition) is 3. The summed E-state index contributed by atoms with van der Waals surface area (Å²) in [5.41, 5.74) is 2.69. The van der Waals surface area contributed by atoms with Crippen molar-refractivity contribution in [3.63, 3.8) is 0 Å². The molecule has 0 aliphatic heterocycles. The first-order chi connectivity index (χ1) is 13.0. The van der Waals surface area contributed by atoms with Crippen molar-refractivity contribution in [2.45, 2.75) is 19.9 Å². The summed E-state index contributed by atoms with van der Waals surface area (Å²) in [5, 5.41) is 9.85. The Kier molecular flexibility index (Phi) is 7.95. The lowest BCUT2D eigenvalue weighted by molar-refractivity contribution is -0.116. The molecule has 6 nitrogen and oxygen atoms in total. The van der Waals surface area contributed by atoms with Gasteiger partial charge < -0.3 is 20.7 Å². The summed E-state index contributed by atoms with van der Waals surface area (Å²) >= 11 is 6.07. The molecule has 0 radical (unpaired) electrons. The predicted octanol–water partition coefficient (Wildman–Crippen LogP) is 3.35. The van der Waals surface area contributed by atoms with E-state index < -0.39 is 0 Å². The number of benzene rings is 2. The van der Waals surface area contributed by atoms with Gasteiger partial charge in [-0.15, -0.1) is 0 Å². The number of halogens is 1. The van der Waals surface area contributed by atoms with Crippen LogP contribution in [0.3, 0.4) is 0 Å². The maximum Gasteiger partial charge on any atom is 0.226 e. The topological polar surface area (TPSA) is 74.8 Å². The molecule has 3 N–H and O–H groups in total. The number of methoxy groups -OCH3 is 1. The fourth-order valence-corrected chi connectivity index (χ4v) is 2.57. The van der Waals surface area contributed by atoms with Gasteiger partial charge in [0, 0.05) is 37.3 Å². The third-order valence-corrected chi connectivity index (χ3v) is 4.44. The zero-order valence-corrected chi connectivity index (χ0v) is 16.6. The number of hydrogen-bond donors (Lipinski definition) is 3. The average Bonchev–Trinajstić information content (AvgIpc) is 2.68. The molecule has 0 aromatic heterocycles. The SMILES string of the molecule is CN=C(NCCC(=O)Nc1cccc(Cl)c1C)NCc1ccc(OC)cc1. The second kappa shape index (κ2) is 10.4. The second-order valence-electron chi connectivity index (χ2n) is 5.91. The Morgan fingerprint density at radius 1 is 1.15 bits per heavy atom. The summed E-state index contributed by atoms with van der Waals surface area (Å²) in [7, 11) is 3.33. The number of nitrogens with one attached hydrogen (secondary N) is 3. The number of carbonyl (C=O) groups excluding carboxylic acids is 1. The van der Waals surface area contributed by atoms with Crippen LogP contribution in [0.1, 0.15) is 17.5 Å². The summed E-state index contributed by atoms with van der Waals surface area (Å²) in [4.78, 5) is 16.3. The molecule has 0 spiro atoms. The molecule has 2 aromatic rings. The Bertz CT molecular complexity index is 791. The molecule has 0 heterocycles. The highest BCUT2D eigenvalue weighted by Crippen LogP contribution is 2.22. The van der Waals surface area contributed by atoms with Gasteiger partial charge in [0.05, 0.1) is 7.11 Å². The molecule has 7 heteroatoms. The van der Waals surface area contributed by atoms with Crippen molar-refractivity contribution in [2.24, 2.45) is 4.99 Å². The molecule has 0 aliphatic rings. The zero-order chi connectivity index (χ0) is 19.6. The van der Waals surface area contributed by atoms with Crippen LogP contribution in [0.15, 0.2) is 47.5 Å². The minimum Gasteiger partial charge on any atom is -0.497 e. The molecule has 0 aliphatic carbocycles. The lowest BCUT2D eigenvalue weighted by atomic mass is 10.2. The Hall–Kier alpha value is -2.73. The van der Waals surface area contributed by atoms with Crippen molar-refractivity contribution in [3.8, 4) is 5.75 Å². The average molecular weight is 389 g/mol. The summed E-state index contributed by atoms with van der Waals surface area (Å²) in [6.45, 7) is 2.96. The molecule has 27 heavy (non-hydrogen) atoms. The minimum absolute atomic E-state index is 0.0847. The van der Waals surface area contributed by atoms with Crippen LogP contribution in [0, 0.1) is 6.92 Å². The molecule has 0 saturated carbocycles. The van der Waals surface area contributed by atoms with Crippen molar-refractivity contribution < 1.29 is 9.53 Å². The van der Waals surface area contributed by atoms with Crippen molar-refractivity contribution >= 4 is 29.2 Å². The number of carbonyl (C=O) groups is 1. The van der Waals surface area contributed by atoms with Crippen LogP contribution in [-0.2, 0) is 11.3 Å². The quantitative estimate of drug-likeness (QED) is 0.502. The number of aliphatic imine (C=N–C) groups is 1. The Morgan fingerprint density at radius 3 is 2.56 bits per heavy atom. The molecule has 0 saturated heterocycles. The van der Waals surface area contributed by atoms with E-state index in [1.54, 1.807) is 20.2 Å². The summed E-state index contributed by atoms with van der Waals surface area (Å²) in [6.07, 6.45) is 0.315. The molecule has 1 amide bonds. The van der Waals surface area contributed by atoms with Crippen LogP contribution in [0.4, 0.5) is 5.69 Å². The molecule has 0 bridgehead atoms. The number of amides is 1. The number of ether oxygens (including phenoxy) is 1. The van der Waals surface area contributed by atoms with Crippen LogP contribution >= 0.6 is 11.6 Å². The summed E-state index contributed by atoms with van der Waals surface area (Å²) < 4.78 is 5.15. The van der Waals surface area contributed by atoms with E-state index in [0.29, 0.717) is 30.5 Å². The van der Waals surface area contributed by atoms with Crippen LogP contribution in [0.25, 0.3) is 0 Å². The van der Waals surface area contributed by atoms with Crippen LogP contribution < -0.4 is 20.7 Å². The van der Waals surface area contributed by atoms with Crippen molar-refractivity contribution in [2.75, 3.05) is 26.0 Å². The van der Waals surface area contributed by atoms with Gasteiger partial charge in [-0.25, -0.2) is 0 Å². The van der Waals surface area contributed by atoms with Gasteiger partial charge in [0.1, 0.15) is 5.75 Å².